The molecule has 0 saturated carbocycles. The number of hydrogen-bond donors (Lipinski definition) is 3. The van der Waals surface area contributed by atoms with E-state index in [0.717, 1.165) is 58.0 Å². The van der Waals surface area contributed by atoms with Gasteiger partial charge in [-0.15, -0.1) is 0 Å². The highest BCUT2D eigenvalue weighted by Gasteiger charge is 2.25. The van der Waals surface area contributed by atoms with Crippen molar-refractivity contribution in [2.45, 2.75) is 39.7 Å². The molecule has 166 valence electrons. The van der Waals surface area contributed by atoms with E-state index >= 15 is 0 Å². The lowest BCUT2D eigenvalue weighted by Gasteiger charge is -2.35. The van der Waals surface area contributed by atoms with Crippen molar-refractivity contribution in [1.82, 2.24) is 5.32 Å². The Hall–Kier alpha value is -2.58. The number of rotatable bonds is 6. The molecular formula is C22H32N2O6. The van der Waals surface area contributed by atoms with Gasteiger partial charge >= 0.3 is 11.9 Å². The van der Waals surface area contributed by atoms with Crippen molar-refractivity contribution >= 4 is 17.6 Å². The van der Waals surface area contributed by atoms with Crippen LogP contribution in [0.4, 0.5) is 5.69 Å². The molecule has 30 heavy (non-hydrogen) atoms. The standard InChI is InChI=1S/C18H28N2O2.C4H4O4/c1-4-21-13(2)12-20-9-10-22-17-11-15-5-7-19-8-6-16(15)14(3)18(17)20;5-3(6)1-2-4(7)8/h11,13,19H,4-10,12H2,1-3H3;1-2H,(H,5,6)(H,7,8)/b;2-1+/t13-;/m1./s1. The first kappa shape index (κ1) is 23.7. The number of ether oxygens (including phenoxy) is 2. The van der Waals surface area contributed by atoms with E-state index in [9.17, 15) is 9.59 Å². The van der Waals surface area contributed by atoms with Crippen molar-refractivity contribution in [3.8, 4) is 5.75 Å². The monoisotopic (exact) mass is 420 g/mol. The Balaban J connectivity index is 0.000000343. The average Bonchev–Trinajstić information content (AvgIpc) is 2.93. The Kier molecular flexibility index (Phi) is 9.14. The van der Waals surface area contributed by atoms with Crippen LogP contribution in [0.1, 0.15) is 30.5 Å². The lowest BCUT2D eigenvalue weighted by molar-refractivity contribution is -0.134. The molecule has 8 heteroatoms. The fourth-order valence-corrected chi connectivity index (χ4v) is 3.87. The largest absolute Gasteiger partial charge is 0.490 e. The summed E-state index contributed by atoms with van der Waals surface area (Å²) >= 11 is 0. The second-order valence-corrected chi connectivity index (χ2v) is 7.31. The molecule has 0 fully saturated rings. The Morgan fingerprint density at radius 3 is 2.57 bits per heavy atom. The fraction of sp³-hybridized carbons (Fsp3) is 0.545. The van der Waals surface area contributed by atoms with Crippen molar-refractivity contribution in [2.75, 3.05) is 44.3 Å². The number of carbonyl (C=O) groups is 2. The zero-order chi connectivity index (χ0) is 22.1. The summed E-state index contributed by atoms with van der Waals surface area (Å²) in [6, 6.07) is 2.28. The number of fused-ring (bicyclic) bond motifs is 2. The van der Waals surface area contributed by atoms with Gasteiger partial charge in [-0.25, -0.2) is 9.59 Å². The van der Waals surface area contributed by atoms with Gasteiger partial charge in [0, 0.05) is 25.3 Å². The summed E-state index contributed by atoms with van der Waals surface area (Å²) in [4.78, 5) is 21.6. The van der Waals surface area contributed by atoms with Crippen LogP contribution in [0, 0.1) is 6.92 Å². The molecule has 3 rings (SSSR count). The quantitative estimate of drug-likeness (QED) is 0.600. The van der Waals surface area contributed by atoms with Gasteiger partial charge in [0.1, 0.15) is 12.4 Å². The molecule has 0 radical (unpaired) electrons. The van der Waals surface area contributed by atoms with Gasteiger partial charge in [0.05, 0.1) is 18.3 Å². The highest BCUT2D eigenvalue weighted by molar-refractivity contribution is 5.89. The van der Waals surface area contributed by atoms with Crippen LogP contribution in [0.25, 0.3) is 0 Å². The zero-order valence-corrected chi connectivity index (χ0v) is 17.9. The maximum Gasteiger partial charge on any atom is 0.328 e. The number of hydrogen-bond acceptors (Lipinski definition) is 6. The Labute approximate surface area is 177 Å². The topological polar surface area (TPSA) is 108 Å². The van der Waals surface area contributed by atoms with Gasteiger partial charge < -0.3 is 29.9 Å². The molecule has 1 aromatic rings. The van der Waals surface area contributed by atoms with Gasteiger partial charge in [0.2, 0.25) is 0 Å². The molecule has 0 saturated heterocycles. The second kappa shape index (κ2) is 11.6. The third-order valence-corrected chi connectivity index (χ3v) is 5.09. The van der Waals surface area contributed by atoms with Crippen LogP contribution < -0.4 is 15.0 Å². The number of carboxylic acid groups (broad SMARTS) is 2. The van der Waals surface area contributed by atoms with Crippen LogP contribution in [0.5, 0.6) is 5.75 Å². The van der Waals surface area contributed by atoms with E-state index in [4.69, 9.17) is 19.7 Å². The number of nitrogens with zero attached hydrogens (tertiary/aromatic N) is 1. The third kappa shape index (κ3) is 6.74. The molecule has 0 aromatic heterocycles. The van der Waals surface area contributed by atoms with Crippen molar-refractivity contribution < 1.29 is 29.3 Å². The number of carboxylic acids is 2. The summed E-state index contributed by atoms with van der Waals surface area (Å²) in [5.41, 5.74) is 5.67. The SMILES string of the molecule is CCO[C@H](C)CN1CCOc2cc3c(c(C)c21)CCNCC3.O=C(O)/C=C/C(=O)O. The van der Waals surface area contributed by atoms with Gasteiger partial charge in [-0.3, -0.25) is 0 Å². The lowest BCUT2D eigenvalue weighted by Crippen LogP contribution is -2.39. The Morgan fingerprint density at radius 1 is 1.27 bits per heavy atom. The number of nitrogens with one attached hydrogen (secondary N) is 1. The molecule has 1 aromatic carbocycles. The molecule has 2 heterocycles. The van der Waals surface area contributed by atoms with Crippen molar-refractivity contribution in [2.24, 2.45) is 0 Å². The highest BCUT2D eigenvalue weighted by atomic mass is 16.5. The Bertz CT molecular complexity index is 761. The minimum atomic E-state index is -1.26. The smallest absolute Gasteiger partial charge is 0.328 e. The normalized spacial score (nSPS) is 16.4. The van der Waals surface area contributed by atoms with E-state index in [1.54, 1.807) is 0 Å². The molecule has 2 aliphatic heterocycles. The number of anilines is 1. The van der Waals surface area contributed by atoms with Crippen LogP contribution in [-0.2, 0) is 27.2 Å². The summed E-state index contributed by atoms with van der Waals surface area (Å²) in [5.74, 6) is -1.45. The van der Waals surface area contributed by atoms with E-state index in [-0.39, 0.29) is 6.10 Å². The molecule has 8 nitrogen and oxygen atoms in total. The molecule has 0 aliphatic carbocycles. The lowest BCUT2D eigenvalue weighted by atomic mass is 9.94. The summed E-state index contributed by atoms with van der Waals surface area (Å²) < 4.78 is 11.7. The van der Waals surface area contributed by atoms with E-state index in [0.29, 0.717) is 12.2 Å². The van der Waals surface area contributed by atoms with Crippen LogP contribution in [0.2, 0.25) is 0 Å². The molecule has 0 unspecified atom stereocenters. The third-order valence-electron chi connectivity index (χ3n) is 5.09. The maximum absolute atomic E-state index is 9.55. The van der Waals surface area contributed by atoms with Crippen LogP contribution in [0.15, 0.2) is 18.2 Å². The van der Waals surface area contributed by atoms with Gasteiger partial charge in [-0.1, -0.05) is 0 Å². The highest BCUT2D eigenvalue weighted by Crippen LogP contribution is 2.39. The second-order valence-electron chi connectivity index (χ2n) is 7.31. The van der Waals surface area contributed by atoms with Gasteiger partial charge in [0.15, 0.2) is 0 Å². The van der Waals surface area contributed by atoms with Crippen LogP contribution in [0.3, 0.4) is 0 Å². The molecule has 0 spiro atoms. The number of aliphatic carboxylic acids is 2. The first-order valence-corrected chi connectivity index (χ1v) is 10.3. The van der Waals surface area contributed by atoms with E-state index in [1.807, 2.05) is 0 Å². The van der Waals surface area contributed by atoms with Gasteiger partial charge in [-0.05, 0) is 69.5 Å². The first-order chi connectivity index (χ1) is 14.3. The summed E-state index contributed by atoms with van der Waals surface area (Å²) in [6.45, 7) is 12.0. The minimum Gasteiger partial charge on any atom is -0.490 e. The molecule has 0 amide bonds. The Morgan fingerprint density at radius 2 is 1.93 bits per heavy atom. The van der Waals surface area contributed by atoms with E-state index in [1.165, 1.54) is 22.4 Å². The van der Waals surface area contributed by atoms with E-state index in [2.05, 4.69) is 37.1 Å². The fourth-order valence-electron chi connectivity index (χ4n) is 3.87. The molecular weight excluding hydrogens is 388 g/mol. The summed E-state index contributed by atoms with van der Waals surface area (Å²) in [6.07, 6.45) is 3.58. The van der Waals surface area contributed by atoms with Crippen LogP contribution >= 0.6 is 0 Å². The molecule has 0 bridgehead atoms. The zero-order valence-electron chi connectivity index (χ0n) is 17.9. The minimum absolute atomic E-state index is 0.246. The van der Waals surface area contributed by atoms with Crippen LogP contribution in [-0.4, -0.2) is 67.6 Å². The average molecular weight is 421 g/mol. The van der Waals surface area contributed by atoms with E-state index < -0.39 is 11.9 Å². The van der Waals surface area contributed by atoms with Gasteiger partial charge in [0.25, 0.3) is 0 Å². The predicted octanol–water partition coefficient (Wildman–Crippen LogP) is 2.02. The summed E-state index contributed by atoms with van der Waals surface area (Å²) in [5, 5.41) is 19.1. The summed E-state index contributed by atoms with van der Waals surface area (Å²) in [7, 11) is 0. The number of benzene rings is 1. The van der Waals surface area contributed by atoms with Crippen molar-refractivity contribution in [3.63, 3.8) is 0 Å². The predicted molar refractivity (Wildman–Crippen MR) is 115 cm³/mol. The molecule has 3 N–H and O–H groups in total. The van der Waals surface area contributed by atoms with Gasteiger partial charge in [-0.2, -0.15) is 0 Å². The first-order valence-electron chi connectivity index (χ1n) is 10.3. The van der Waals surface area contributed by atoms with Crippen molar-refractivity contribution in [3.05, 3.63) is 34.9 Å². The molecule has 1 atom stereocenters. The van der Waals surface area contributed by atoms with Crippen molar-refractivity contribution in [1.29, 1.82) is 0 Å². The maximum atomic E-state index is 9.55. The molecule has 2 aliphatic rings.